The molecule has 2 aromatic carbocycles. The Morgan fingerprint density at radius 1 is 1.10 bits per heavy atom. The van der Waals surface area contributed by atoms with Crippen LogP contribution in [-0.2, 0) is 20.5 Å². The van der Waals surface area contributed by atoms with Crippen LogP contribution in [0.3, 0.4) is 0 Å². The molecule has 40 heavy (non-hydrogen) atoms. The molecule has 1 aliphatic carbocycles. The van der Waals surface area contributed by atoms with Crippen LogP contribution >= 0.6 is 0 Å². The van der Waals surface area contributed by atoms with Crippen molar-refractivity contribution in [3.05, 3.63) is 41.7 Å². The van der Waals surface area contributed by atoms with Crippen LogP contribution in [-0.4, -0.2) is 69.7 Å². The Morgan fingerprint density at radius 2 is 1.82 bits per heavy atom. The minimum Gasteiger partial charge on any atom is -0.494 e. The van der Waals surface area contributed by atoms with Gasteiger partial charge in [-0.3, -0.25) is 14.2 Å². The van der Waals surface area contributed by atoms with Gasteiger partial charge in [-0.25, -0.2) is 0 Å². The second kappa shape index (κ2) is 10.4. The lowest BCUT2D eigenvalue weighted by Gasteiger charge is -2.38. The van der Waals surface area contributed by atoms with E-state index in [0.717, 1.165) is 60.2 Å². The van der Waals surface area contributed by atoms with Crippen molar-refractivity contribution >= 4 is 39.1 Å². The number of aryl methyl sites for hydroxylation is 2. The van der Waals surface area contributed by atoms with Crippen molar-refractivity contribution in [1.29, 1.82) is 0 Å². The highest BCUT2D eigenvalue weighted by Crippen LogP contribution is 2.37. The number of piperidine rings is 1. The van der Waals surface area contributed by atoms with E-state index in [2.05, 4.69) is 47.2 Å². The van der Waals surface area contributed by atoms with Crippen LogP contribution < -0.4 is 15.0 Å². The monoisotopic (exact) mass is 543 g/mol. The van der Waals surface area contributed by atoms with Crippen LogP contribution in [0.1, 0.15) is 55.6 Å². The number of ether oxygens (including phenoxy) is 1. The third-order valence-electron chi connectivity index (χ3n) is 8.62. The van der Waals surface area contributed by atoms with Crippen molar-refractivity contribution in [2.24, 2.45) is 20.0 Å². The molecule has 6 rings (SSSR count). The Labute approximate surface area is 236 Å². The standard InChI is InChI=1S/C31H41N7O2/c1-19(2)15-27-29-26(38-13-11-22(12-14-38)36(4)21-7-8-21)10-9-23(30(29)34-37(27)5)31(39)32-25-16-20-18-35(3)33-24(20)17-28(25)40-6/h9-10,16-19,21-22H,7-8,11-15H2,1-6H3,(H,32,39). The minimum absolute atomic E-state index is 0.197. The number of aromatic nitrogens is 4. The summed E-state index contributed by atoms with van der Waals surface area (Å²) in [6, 6.07) is 9.28. The molecule has 2 fully saturated rings. The molecule has 1 amide bonds. The van der Waals surface area contributed by atoms with Gasteiger partial charge in [0, 0.05) is 73.7 Å². The van der Waals surface area contributed by atoms with Crippen LogP contribution in [0.25, 0.3) is 21.8 Å². The number of carbonyl (C=O) groups is 1. The minimum atomic E-state index is -0.197. The van der Waals surface area contributed by atoms with E-state index in [-0.39, 0.29) is 5.91 Å². The quantitative estimate of drug-likeness (QED) is 0.338. The second-order valence-corrected chi connectivity index (χ2v) is 12.0. The summed E-state index contributed by atoms with van der Waals surface area (Å²) >= 11 is 0. The van der Waals surface area contributed by atoms with Crippen LogP contribution in [0.2, 0.25) is 0 Å². The van der Waals surface area contributed by atoms with Crippen molar-refractivity contribution in [2.45, 2.75) is 58.0 Å². The average Bonchev–Trinajstić information content (AvgIpc) is 3.65. The molecule has 1 saturated carbocycles. The molecule has 3 heterocycles. The lowest BCUT2D eigenvalue weighted by molar-refractivity contribution is 0.102. The molecule has 1 saturated heterocycles. The van der Waals surface area contributed by atoms with Gasteiger partial charge < -0.3 is 19.9 Å². The predicted molar refractivity (Wildman–Crippen MR) is 160 cm³/mol. The summed E-state index contributed by atoms with van der Waals surface area (Å²) < 4.78 is 9.33. The van der Waals surface area contributed by atoms with Crippen molar-refractivity contribution in [3.63, 3.8) is 0 Å². The molecule has 2 aromatic heterocycles. The Bertz CT molecular complexity index is 1560. The van der Waals surface area contributed by atoms with Crippen molar-refractivity contribution in [2.75, 3.05) is 37.5 Å². The van der Waals surface area contributed by atoms with E-state index in [1.807, 2.05) is 43.2 Å². The maximum absolute atomic E-state index is 13.8. The number of nitrogens with zero attached hydrogens (tertiary/aromatic N) is 6. The van der Waals surface area contributed by atoms with E-state index in [0.29, 0.717) is 29.0 Å². The first-order chi connectivity index (χ1) is 19.2. The summed E-state index contributed by atoms with van der Waals surface area (Å²) in [6.45, 7) is 6.49. The second-order valence-electron chi connectivity index (χ2n) is 12.0. The van der Waals surface area contributed by atoms with Crippen LogP contribution in [0.4, 0.5) is 11.4 Å². The molecular weight excluding hydrogens is 502 g/mol. The molecule has 0 bridgehead atoms. The number of hydrogen-bond donors (Lipinski definition) is 1. The number of carbonyl (C=O) groups excluding carboxylic acids is 1. The lowest BCUT2D eigenvalue weighted by Crippen LogP contribution is -2.44. The average molecular weight is 544 g/mol. The third kappa shape index (κ3) is 4.91. The number of methoxy groups -OCH3 is 1. The SMILES string of the molecule is COc1cc2nn(C)cc2cc1NC(=O)c1ccc(N2CCC(N(C)C3CC3)CC2)c2c(CC(C)C)n(C)nc12. The maximum Gasteiger partial charge on any atom is 0.258 e. The van der Waals surface area contributed by atoms with Gasteiger partial charge in [0.2, 0.25) is 0 Å². The lowest BCUT2D eigenvalue weighted by atomic mass is 9.98. The van der Waals surface area contributed by atoms with Crippen molar-refractivity contribution in [3.8, 4) is 5.75 Å². The maximum atomic E-state index is 13.8. The van der Waals surface area contributed by atoms with Crippen LogP contribution in [0.15, 0.2) is 30.5 Å². The van der Waals surface area contributed by atoms with Gasteiger partial charge in [-0.05, 0) is 63.3 Å². The molecule has 1 N–H and O–H groups in total. The molecule has 1 aliphatic heterocycles. The van der Waals surface area contributed by atoms with Gasteiger partial charge in [0.05, 0.1) is 23.9 Å². The summed E-state index contributed by atoms with van der Waals surface area (Å²) in [5, 5.41) is 14.5. The van der Waals surface area contributed by atoms with E-state index in [4.69, 9.17) is 9.84 Å². The first kappa shape index (κ1) is 26.6. The van der Waals surface area contributed by atoms with E-state index >= 15 is 0 Å². The van der Waals surface area contributed by atoms with E-state index in [1.54, 1.807) is 11.8 Å². The highest BCUT2D eigenvalue weighted by Gasteiger charge is 2.33. The van der Waals surface area contributed by atoms with Crippen molar-refractivity contribution < 1.29 is 9.53 Å². The summed E-state index contributed by atoms with van der Waals surface area (Å²) in [5.74, 6) is 0.849. The molecule has 0 unspecified atom stereocenters. The molecule has 2 aliphatic rings. The Kier molecular flexibility index (Phi) is 6.94. The van der Waals surface area contributed by atoms with Gasteiger partial charge in [-0.1, -0.05) is 13.8 Å². The van der Waals surface area contributed by atoms with Crippen LogP contribution in [0.5, 0.6) is 5.75 Å². The van der Waals surface area contributed by atoms with Crippen molar-refractivity contribution in [1.82, 2.24) is 24.5 Å². The van der Waals surface area contributed by atoms with Crippen LogP contribution in [0, 0.1) is 5.92 Å². The number of nitrogens with one attached hydrogen (secondary N) is 1. The topological polar surface area (TPSA) is 80.5 Å². The zero-order chi connectivity index (χ0) is 28.1. The Hall–Kier alpha value is -3.59. The fourth-order valence-electron chi connectivity index (χ4n) is 6.33. The zero-order valence-corrected chi connectivity index (χ0v) is 24.6. The highest BCUT2D eigenvalue weighted by atomic mass is 16.5. The number of rotatable bonds is 8. The normalized spacial score (nSPS) is 16.6. The van der Waals surface area contributed by atoms with Gasteiger partial charge in [0.1, 0.15) is 11.3 Å². The smallest absolute Gasteiger partial charge is 0.258 e. The van der Waals surface area contributed by atoms with Gasteiger partial charge in [-0.2, -0.15) is 10.2 Å². The number of hydrogen-bond acceptors (Lipinski definition) is 6. The first-order valence-electron chi connectivity index (χ1n) is 14.5. The fraction of sp³-hybridized carbons (Fsp3) is 0.516. The molecule has 0 atom stereocenters. The molecule has 9 nitrogen and oxygen atoms in total. The Balaban J connectivity index is 1.35. The highest BCUT2D eigenvalue weighted by molar-refractivity contribution is 6.15. The van der Waals surface area contributed by atoms with Gasteiger partial charge >= 0.3 is 0 Å². The van der Waals surface area contributed by atoms with E-state index in [1.165, 1.54) is 24.2 Å². The summed E-state index contributed by atoms with van der Waals surface area (Å²) in [5.41, 5.74) is 5.14. The molecule has 212 valence electrons. The molecule has 0 radical (unpaired) electrons. The zero-order valence-electron chi connectivity index (χ0n) is 24.6. The van der Waals surface area contributed by atoms with Gasteiger partial charge in [0.15, 0.2) is 0 Å². The number of fused-ring (bicyclic) bond motifs is 2. The van der Waals surface area contributed by atoms with E-state index in [9.17, 15) is 4.79 Å². The number of benzene rings is 2. The first-order valence-corrected chi connectivity index (χ1v) is 14.5. The molecule has 4 aromatic rings. The number of amides is 1. The predicted octanol–water partition coefficient (Wildman–Crippen LogP) is 4.98. The summed E-state index contributed by atoms with van der Waals surface area (Å²) in [4.78, 5) is 18.9. The molecular formula is C31H41N7O2. The molecule has 9 heteroatoms. The molecule has 0 spiro atoms. The van der Waals surface area contributed by atoms with E-state index < -0.39 is 0 Å². The van der Waals surface area contributed by atoms with Gasteiger partial charge in [-0.15, -0.1) is 0 Å². The fourth-order valence-corrected chi connectivity index (χ4v) is 6.33. The number of anilines is 2. The largest absolute Gasteiger partial charge is 0.494 e. The summed E-state index contributed by atoms with van der Waals surface area (Å²) in [6.07, 6.45) is 7.84. The Morgan fingerprint density at radius 3 is 2.50 bits per heavy atom. The third-order valence-corrected chi connectivity index (χ3v) is 8.62. The summed E-state index contributed by atoms with van der Waals surface area (Å²) in [7, 11) is 7.79. The van der Waals surface area contributed by atoms with Gasteiger partial charge in [0.25, 0.3) is 5.91 Å².